The smallest absolute Gasteiger partial charge is 0.243 e. The summed E-state index contributed by atoms with van der Waals surface area (Å²) < 4.78 is 3.03. The molecule has 1 saturated heterocycles. The number of amides is 2. The second-order valence-corrected chi connectivity index (χ2v) is 9.89. The molecule has 2 heterocycles. The summed E-state index contributed by atoms with van der Waals surface area (Å²) in [6.07, 6.45) is 5.45. The Morgan fingerprint density at radius 3 is 2.22 bits per heavy atom. The molecule has 6 nitrogen and oxygen atoms in total. The highest BCUT2D eigenvalue weighted by Crippen LogP contribution is 2.16. The molecule has 0 spiro atoms. The van der Waals surface area contributed by atoms with Crippen LogP contribution < -0.4 is 15.8 Å². The van der Waals surface area contributed by atoms with E-state index in [0.29, 0.717) is 19.6 Å². The van der Waals surface area contributed by atoms with E-state index in [1.54, 1.807) is 28.2 Å². The number of nitrogens with two attached hydrogens (primary N) is 1. The van der Waals surface area contributed by atoms with Crippen LogP contribution in [-0.4, -0.2) is 42.6 Å². The van der Waals surface area contributed by atoms with E-state index in [1.165, 1.54) is 11.1 Å². The van der Waals surface area contributed by atoms with Gasteiger partial charge in [-0.2, -0.15) is 0 Å². The van der Waals surface area contributed by atoms with Gasteiger partial charge in [0.25, 0.3) is 0 Å². The number of benzene rings is 2. The van der Waals surface area contributed by atoms with E-state index in [-0.39, 0.29) is 11.9 Å². The largest absolute Gasteiger partial charge is 0.350 e. The van der Waals surface area contributed by atoms with Gasteiger partial charge < -0.3 is 16.0 Å². The number of hydrogen-bond acceptors (Lipinski definition) is 6. The zero-order chi connectivity index (χ0) is 26.0. The number of carbonyl (C=O) groups excluding carboxylic acids is 2. The van der Waals surface area contributed by atoms with Crippen molar-refractivity contribution in [1.82, 2.24) is 14.9 Å². The van der Waals surface area contributed by atoms with Crippen molar-refractivity contribution in [3.8, 4) is 0 Å². The van der Waals surface area contributed by atoms with Crippen LogP contribution >= 0.6 is 23.3 Å². The van der Waals surface area contributed by atoms with Crippen molar-refractivity contribution in [2.24, 2.45) is 5.73 Å². The summed E-state index contributed by atoms with van der Waals surface area (Å²) in [6.45, 7) is 4.84. The van der Waals surface area contributed by atoms with Crippen LogP contribution in [0.15, 0.2) is 72.1 Å². The quantitative estimate of drug-likeness (QED) is 0.280. The molecule has 3 aromatic rings. The van der Waals surface area contributed by atoms with Crippen LogP contribution in [-0.2, 0) is 29.1 Å². The molecule has 2 amide bonds. The van der Waals surface area contributed by atoms with Gasteiger partial charge in [-0.3, -0.25) is 14.3 Å². The van der Waals surface area contributed by atoms with E-state index in [0.717, 1.165) is 42.7 Å². The van der Waals surface area contributed by atoms with Gasteiger partial charge in [0.05, 0.1) is 0 Å². The molecule has 4 rings (SSSR count). The second kappa shape index (κ2) is 17.7. The first-order valence-corrected chi connectivity index (χ1v) is 14.3. The van der Waals surface area contributed by atoms with Gasteiger partial charge in [-0.05, 0) is 53.7 Å². The van der Waals surface area contributed by atoms with E-state index < -0.39 is 0 Å². The molecule has 4 N–H and O–H groups in total. The number of nitrogens with zero attached hydrogens (tertiary/aromatic N) is 1. The van der Waals surface area contributed by atoms with Crippen molar-refractivity contribution >= 4 is 35.6 Å². The number of carbonyl (C=O) groups is 2. The lowest BCUT2D eigenvalue weighted by Crippen LogP contribution is -2.42. The van der Waals surface area contributed by atoms with Crippen LogP contribution in [0.5, 0.6) is 0 Å². The Hall–Kier alpha value is -2.65. The number of hydrogen-bond donors (Lipinski definition) is 3. The van der Waals surface area contributed by atoms with Crippen molar-refractivity contribution in [1.29, 1.82) is 0 Å². The highest BCUT2D eigenvalue weighted by molar-refractivity contribution is 7.96. The van der Waals surface area contributed by atoms with Gasteiger partial charge in [0, 0.05) is 31.1 Å². The maximum absolute atomic E-state index is 11.9. The average molecular weight is 527 g/mol. The summed E-state index contributed by atoms with van der Waals surface area (Å²) in [4.78, 5) is 25.4. The third-order valence-corrected chi connectivity index (χ3v) is 7.08. The van der Waals surface area contributed by atoms with Crippen molar-refractivity contribution in [3.63, 3.8) is 0 Å². The molecule has 0 bridgehead atoms. The van der Waals surface area contributed by atoms with Crippen LogP contribution in [0, 0.1) is 0 Å². The Kier molecular flexibility index (Phi) is 14.6. The Labute approximate surface area is 223 Å². The maximum atomic E-state index is 11.9. The van der Waals surface area contributed by atoms with Crippen LogP contribution in [0.25, 0.3) is 0 Å². The molecule has 36 heavy (non-hydrogen) atoms. The Balaban J connectivity index is 0.000000221. The predicted octanol–water partition coefficient (Wildman–Crippen LogP) is 4.60. The van der Waals surface area contributed by atoms with Crippen molar-refractivity contribution < 1.29 is 9.59 Å². The summed E-state index contributed by atoms with van der Waals surface area (Å²) in [6, 6.07) is 22.8. The average Bonchev–Trinajstić information content (AvgIpc) is 3.59. The lowest BCUT2D eigenvalue weighted by Gasteiger charge is -2.18. The fourth-order valence-electron chi connectivity index (χ4n) is 3.70. The molecule has 1 atom stereocenters. The third kappa shape index (κ3) is 11.0. The van der Waals surface area contributed by atoms with E-state index in [4.69, 9.17) is 5.73 Å². The van der Waals surface area contributed by atoms with E-state index in [9.17, 15) is 9.59 Å². The highest BCUT2D eigenvalue weighted by Gasteiger charge is 2.29. The first kappa shape index (κ1) is 29.6. The molecule has 1 unspecified atom stereocenters. The minimum Gasteiger partial charge on any atom is -0.350 e. The fraction of sp³-hybridized carbons (Fsp3) is 0.357. The van der Waals surface area contributed by atoms with Gasteiger partial charge >= 0.3 is 0 Å². The van der Waals surface area contributed by atoms with E-state index >= 15 is 0 Å². The molecule has 0 aliphatic carbocycles. The SMILES string of the molecule is CCNSC.NCc1cc(CNC(=O)C2CCCN2C=O)cs1.c1ccc(Cc2ccccc2)cc1. The first-order chi connectivity index (χ1) is 17.6. The Morgan fingerprint density at radius 1 is 1.11 bits per heavy atom. The third-order valence-electron chi connectivity index (χ3n) is 5.49. The molecular weight excluding hydrogens is 488 g/mol. The second-order valence-electron chi connectivity index (χ2n) is 8.19. The van der Waals surface area contributed by atoms with Crippen LogP contribution in [0.3, 0.4) is 0 Å². The lowest BCUT2D eigenvalue weighted by molar-refractivity contribution is -0.131. The van der Waals surface area contributed by atoms with Gasteiger partial charge in [0.15, 0.2) is 0 Å². The van der Waals surface area contributed by atoms with Gasteiger partial charge in [0.1, 0.15) is 6.04 Å². The minimum absolute atomic E-state index is 0.0694. The Bertz CT molecular complexity index is 960. The van der Waals surface area contributed by atoms with Gasteiger partial charge in [-0.25, -0.2) is 0 Å². The van der Waals surface area contributed by atoms with Crippen molar-refractivity contribution in [2.45, 2.75) is 45.3 Å². The molecule has 0 saturated carbocycles. The topological polar surface area (TPSA) is 87.5 Å². The maximum Gasteiger partial charge on any atom is 0.243 e. The van der Waals surface area contributed by atoms with Crippen molar-refractivity contribution in [2.75, 3.05) is 19.3 Å². The standard InChI is InChI=1S/C13H12.C12H17N3O2S.C3H9NS/c1-3-7-12(8-4-1)11-13-9-5-2-6-10-13;13-5-10-4-9(7-18-10)6-14-12(17)11-2-1-3-15(11)8-16;1-3-4-5-2/h1-10H,11H2;4,7-8,11H,1-3,5-6,13H2,(H,14,17);4H,3H2,1-2H3. The predicted molar refractivity (Wildman–Crippen MR) is 153 cm³/mol. The van der Waals surface area contributed by atoms with E-state index in [2.05, 4.69) is 77.6 Å². The molecule has 1 aliphatic rings. The summed E-state index contributed by atoms with van der Waals surface area (Å²) in [5.74, 6) is -0.0694. The number of nitrogens with one attached hydrogen (secondary N) is 2. The summed E-state index contributed by atoms with van der Waals surface area (Å²) in [5, 5.41) is 4.86. The molecule has 8 heteroatoms. The first-order valence-electron chi connectivity index (χ1n) is 12.2. The van der Waals surface area contributed by atoms with Gasteiger partial charge in [-0.15, -0.1) is 11.3 Å². The molecular formula is C28H38N4O2S2. The number of likely N-dealkylation sites (tertiary alicyclic amines) is 1. The molecule has 194 valence electrons. The summed E-state index contributed by atoms with van der Waals surface area (Å²) in [7, 11) is 0. The Morgan fingerprint density at radius 2 is 1.75 bits per heavy atom. The zero-order valence-electron chi connectivity index (χ0n) is 21.2. The number of rotatable bonds is 9. The van der Waals surface area contributed by atoms with Crippen LogP contribution in [0.2, 0.25) is 0 Å². The zero-order valence-corrected chi connectivity index (χ0v) is 22.8. The monoisotopic (exact) mass is 526 g/mol. The fourth-order valence-corrected chi connectivity index (χ4v) is 4.76. The summed E-state index contributed by atoms with van der Waals surface area (Å²) >= 11 is 3.25. The molecule has 1 fully saturated rings. The molecule has 2 aromatic carbocycles. The molecule has 0 radical (unpaired) electrons. The normalized spacial score (nSPS) is 14.2. The summed E-state index contributed by atoms with van der Waals surface area (Å²) in [5.41, 5.74) is 9.33. The van der Waals surface area contributed by atoms with Gasteiger partial charge in [-0.1, -0.05) is 79.5 Å². The van der Waals surface area contributed by atoms with E-state index in [1.807, 2.05) is 17.7 Å². The van der Waals surface area contributed by atoms with Crippen molar-refractivity contribution in [3.05, 3.63) is 93.7 Å². The highest BCUT2D eigenvalue weighted by atomic mass is 32.2. The lowest BCUT2D eigenvalue weighted by atomic mass is 10.1. The van der Waals surface area contributed by atoms with Crippen LogP contribution in [0.1, 0.15) is 41.3 Å². The number of thiophene rings is 1. The molecule has 1 aliphatic heterocycles. The molecule has 1 aromatic heterocycles. The minimum atomic E-state index is -0.296. The van der Waals surface area contributed by atoms with Crippen LogP contribution in [0.4, 0.5) is 0 Å². The van der Waals surface area contributed by atoms with Gasteiger partial charge in [0.2, 0.25) is 12.3 Å².